The molecule has 2 amide bonds. The SMILES string of the molecule is CC(NC(=O)Nc1cccc(Cl)c1F)C(C)C(=O)O. The smallest absolute Gasteiger partial charge is 0.319 e. The number of halogens is 2. The maximum absolute atomic E-state index is 13.5. The van der Waals surface area contributed by atoms with Gasteiger partial charge in [-0.25, -0.2) is 9.18 Å². The molecule has 2 unspecified atom stereocenters. The maximum atomic E-state index is 13.5. The Hall–Kier alpha value is -1.82. The summed E-state index contributed by atoms with van der Waals surface area (Å²) < 4.78 is 13.5. The van der Waals surface area contributed by atoms with Gasteiger partial charge in [0.05, 0.1) is 16.6 Å². The first kappa shape index (κ1) is 15.2. The first-order valence-electron chi connectivity index (χ1n) is 5.57. The van der Waals surface area contributed by atoms with Crippen LogP contribution in [-0.4, -0.2) is 23.1 Å². The van der Waals surface area contributed by atoms with E-state index in [4.69, 9.17) is 16.7 Å². The molecule has 0 aliphatic rings. The van der Waals surface area contributed by atoms with Crippen LogP contribution in [0.5, 0.6) is 0 Å². The van der Waals surface area contributed by atoms with Gasteiger partial charge in [0.1, 0.15) is 0 Å². The molecule has 0 bridgehead atoms. The fourth-order valence-electron chi connectivity index (χ4n) is 1.30. The van der Waals surface area contributed by atoms with Crippen molar-refractivity contribution in [1.29, 1.82) is 0 Å². The number of urea groups is 1. The summed E-state index contributed by atoms with van der Waals surface area (Å²) in [6.45, 7) is 3.01. The highest BCUT2D eigenvalue weighted by molar-refractivity contribution is 6.31. The summed E-state index contributed by atoms with van der Waals surface area (Å²) in [5.74, 6) is -2.52. The van der Waals surface area contributed by atoms with Crippen molar-refractivity contribution in [2.24, 2.45) is 5.92 Å². The van der Waals surface area contributed by atoms with Gasteiger partial charge in [0, 0.05) is 6.04 Å². The summed E-state index contributed by atoms with van der Waals surface area (Å²) in [6.07, 6.45) is 0. The van der Waals surface area contributed by atoms with Crippen LogP contribution < -0.4 is 10.6 Å². The topological polar surface area (TPSA) is 78.4 Å². The Morgan fingerprint density at radius 3 is 2.58 bits per heavy atom. The molecule has 0 aliphatic heterocycles. The van der Waals surface area contributed by atoms with Crippen LogP contribution >= 0.6 is 11.6 Å². The molecular formula is C12H14ClFN2O3. The Bertz CT molecular complexity index is 496. The minimum absolute atomic E-state index is 0.0693. The lowest BCUT2D eigenvalue weighted by atomic mass is 10.0. The van der Waals surface area contributed by atoms with Crippen molar-refractivity contribution >= 4 is 29.3 Å². The van der Waals surface area contributed by atoms with Crippen molar-refractivity contribution < 1.29 is 19.1 Å². The lowest BCUT2D eigenvalue weighted by Gasteiger charge is -2.18. The molecule has 0 saturated heterocycles. The summed E-state index contributed by atoms with van der Waals surface area (Å²) in [5.41, 5.74) is -0.0693. The van der Waals surface area contributed by atoms with E-state index in [2.05, 4.69) is 10.6 Å². The van der Waals surface area contributed by atoms with E-state index in [1.807, 2.05) is 0 Å². The van der Waals surface area contributed by atoms with E-state index < -0.39 is 29.8 Å². The van der Waals surface area contributed by atoms with Crippen LogP contribution in [0.15, 0.2) is 18.2 Å². The van der Waals surface area contributed by atoms with Crippen LogP contribution in [0.3, 0.4) is 0 Å². The van der Waals surface area contributed by atoms with Gasteiger partial charge in [0.2, 0.25) is 0 Å². The fourth-order valence-corrected chi connectivity index (χ4v) is 1.48. The molecule has 1 rings (SSSR count). The number of hydrogen-bond acceptors (Lipinski definition) is 2. The summed E-state index contributed by atoms with van der Waals surface area (Å²) in [6, 6.07) is 2.91. The lowest BCUT2D eigenvalue weighted by molar-refractivity contribution is -0.141. The number of rotatable bonds is 4. The number of carboxylic acids is 1. The van der Waals surface area contributed by atoms with Gasteiger partial charge >= 0.3 is 12.0 Å². The van der Waals surface area contributed by atoms with Crippen molar-refractivity contribution in [2.45, 2.75) is 19.9 Å². The molecule has 5 nitrogen and oxygen atoms in total. The minimum Gasteiger partial charge on any atom is -0.481 e. The Morgan fingerprint density at radius 1 is 1.37 bits per heavy atom. The first-order chi connectivity index (χ1) is 8.82. The highest BCUT2D eigenvalue weighted by Gasteiger charge is 2.21. The number of anilines is 1. The van der Waals surface area contributed by atoms with Gasteiger partial charge in [-0.2, -0.15) is 0 Å². The quantitative estimate of drug-likeness (QED) is 0.797. The second-order valence-corrected chi connectivity index (χ2v) is 4.52. The average Bonchev–Trinajstić information content (AvgIpc) is 2.33. The summed E-state index contributed by atoms with van der Waals surface area (Å²) >= 11 is 5.57. The number of aliphatic carboxylic acids is 1. The monoisotopic (exact) mass is 288 g/mol. The average molecular weight is 289 g/mol. The number of amides is 2. The number of nitrogens with one attached hydrogen (secondary N) is 2. The van der Waals surface area contributed by atoms with Crippen LogP contribution in [-0.2, 0) is 4.79 Å². The lowest BCUT2D eigenvalue weighted by Crippen LogP contribution is -2.42. The zero-order chi connectivity index (χ0) is 14.6. The van der Waals surface area contributed by atoms with Gasteiger partial charge in [0.15, 0.2) is 5.82 Å². The minimum atomic E-state index is -1.03. The molecule has 0 saturated carbocycles. The molecule has 0 aromatic heterocycles. The highest BCUT2D eigenvalue weighted by atomic mass is 35.5. The van der Waals surface area contributed by atoms with Crippen LogP contribution in [0.4, 0.5) is 14.9 Å². The standard InChI is InChI=1S/C12H14ClFN2O3/c1-6(11(17)18)7(2)15-12(19)16-9-5-3-4-8(13)10(9)14/h3-7H,1-2H3,(H,17,18)(H2,15,16,19). The maximum Gasteiger partial charge on any atom is 0.319 e. The van der Waals surface area contributed by atoms with Gasteiger partial charge < -0.3 is 15.7 Å². The molecule has 0 fully saturated rings. The predicted octanol–water partition coefficient (Wildman–Crippen LogP) is 2.71. The third kappa shape index (κ3) is 4.10. The van der Waals surface area contributed by atoms with Gasteiger partial charge in [-0.15, -0.1) is 0 Å². The van der Waals surface area contributed by atoms with Gasteiger partial charge in [-0.05, 0) is 26.0 Å². The van der Waals surface area contributed by atoms with Crippen LogP contribution in [0.2, 0.25) is 5.02 Å². The second kappa shape index (κ2) is 6.38. The van der Waals surface area contributed by atoms with Crippen molar-refractivity contribution in [3.63, 3.8) is 0 Å². The predicted molar refractivity (Wildman–Crippen MR) is 69.8 cm³/mol. The fraction of sp³-hybridized carbons (Fsp3) is 0.333. The molecule has 3 N–H and O–H groups in total. The van der Waals surface area contributed by atoms with Crippen LogP contribution in [0, 0.1) is 11.7 Å². The molecule has 2 atom stereocenters. The molecular weight excluding hydrogens is 275 g/mol. The van der Waals surface area contributed by atoms with Crippen molar-refractivity contribution in [3.05, 3.63) is 29.0 Å². The van der Waals surface area contributed by atoms with Crippen LogP contribution in [0.1, 0.15) is 13.8 Å². The van der Waals surface area contributed by atoms with E-state index in [1.54, 1.807) is 6.92 Å². The third-order valence-corrected chi connectivity index (χ3v) is 2.99. The number of benzene rings is 1. The number of carboxylic acid groups (broad SMARTS) is 1. The Kier molecular flexibility index (Phi) is 5.11. The summed E-state index contributed by atoms with van der Waals surface area (Å²) in [4.78, 5) is 22.3. The molecule has 0 heterocycles. The van der Waals surface area contributed by atoms with Gasteiger partial charge in [-0.1, -0.05) is 17.7 Å². The molecule has 104 valence electrons. The number of hydrogen-bond donors (Lipinski definition) is 3. The molecule has 1 aromatic rings. The summed E-state index contributed by atoms with van der Waals surface area (Å²) in [7, 11) is 0. The first-order valence-corrected chi connectivity index (χ1v) is 5.95. The third-order valence-electron chi connectivity index (χ3n) is 2.70. The highest BCUT2D eigenvalue weighted by Crippen LogP contribution is 2.21. The zero-order valence-corrected chi connectivity index (χ0v) is 11.2. The van der Waals surface area contributed by atoms with E-state index in [0.717, 1.165) is 0 Å². The molecule has 0 radical (unpaired) electrons. The van der Waals surface area contributed by atoms with Crippen molar-refractivity contribution in [3.8, 4) is 0 Å². The van der Waals surface area contributed by atoms with Gasteiger partial charge in [-0.3, -0.25) is 4.79 Å². The van der Waals surface area contributed by atoms with Gasteiger partial charge in [0.25, 0.3) is 0 Å². The molecule has 0 spiro atoms. The number of carbonyl (C=O) groups is 2. The van der Waals surface area contributed by atoms with Crippen molar-refractivity contribution in [1.82, 2.24) is 5.32 Å². The number of carbonyl (C=O) groups excluding carboxylic acids is 1. The van der Waals surface area contributed by atoms with E-state index >= 15 is 0 Å². The van der Waals surface area contributed by atoms with E-state index in [-0.39, 0.29) is 10.7 Å². The summed E-state index contributed by atoms with van der Waals surface area (Å²) in [5, 5.41) is 13.4. The second-order valence-electron chi connectivity index (χ2n) is 4.12. The zero-order valence-electron chi connectivity index (χ0n) is 10.4. The molecule has 19 heavy (non-hydrogen) atoms. The Labute approximate surface area is 114 Å². The molecule has 0 aliphatic carbocycles. The van der Waals surface area contributed by atoms with E-state index in [0.29, 0.717) is 0 Å². The van der Waals surface area contributed by atoms with Crippen molar-refractivity contribution in [2.75, 3.05) is 5.32 Å². The van der Waals surface area contributed by atoms with Crippen LogP contribution in [0.25, 0.3) is 0 Å². The molecule has 7 heteroatoms. The Morgan fingerprint density at radius 2 is 2.00 bits per heavy atom. The van der Waals surface area contributed by atoms with E-state index in [1.165, 1.54) is 25.1 Å². The normalized spacial score (nSPS) is 13.5. The molecule has 1 aromatic carbocycles. The Balaban J connectivity index is 2.66. The largest absolute Gasteiger partial charge is 0.481 e. The van der Waals surface area contributed by atoms with E-state index in [9.17, 15) is 14.0 Å².